The molecule has 1 N–H and O–H groups in total. The fourth-order valence-electron chi connectivity index (χ4n) is 2.84. The Labute approximate surface area is 200 Å². The van der Waals surface area contributed by atoms with Gasteiger partial charge in [0, 0.05) is 22.2 Å². The zero-order valence-electron chi connectivity index (χ0n) is 16.3. The van der Waals surface area contributed by atoms with Crippen LogP contribution in [0.1, 0.15) is 27.0 Å². The number of halogens is 2. The highest BCUT2D eigenvalue weighted by molar-refractivity contribution is 9.11. The Morgan fingerprint density at radius 2 is 1.72 bits per heavy atom. The van der Waals surface area contributed by atoms with E-state index in [1.54, 1.807) is 30.3 Å². The lowest BCUT2D eigenvalue weighted by Crippen LogP contribution is -2.00. The molecule has 0 fully saturated rings. The van der Waals surface area contributed by atoms with Gasteiger partial charge in [0.25, 0.3) is 5.69 Å². The van der Waals surface area contributed by atoms with Crippen molar-refractivity contribution >= 4 is 55.2 Å². The first kappa shape index (κ1) is 23.2. The summed E-state index contributed by atoms with van der Waals surface area (Å²) in [6.07, 6.45) is 1.64. The minimum Gasteiger partial charge on any atom is -0.487 e. The lowest BCUT2D eigenvalue weighted by molar-refractivity contribution is -0.384. The average molecular weight is 558 g/mol. The largest absolute Gasteiger partial charge is 0.487 e. The number of carbonyl (C=O) groups is 1. The molecule has 7 nitrogen and oxygen atoms in total. The second-order valence-electron chi connectivity index (χ2n) is 6.57. The Balaban J connectivity index is 1.92. The van der Waals surface area contributed by atoms with Crippen molar-refractivity contribution < 1.29 is 19.6 Å². The summed E-state index contributed by atoms with van der Waals surface area (Å²) in [7, 11) is 0. The van der Waals surface area contributed by atoms with Gasteiger partial charge in [0.05, 0.1) is 26.6 Å². The van der Waals surface area contributed by atoms with E-state index in [4.69, 9.17) is 9.84 Å². The highest BCUT2D eigenvalue weighted by Gasteiger charge is 2.13. The Kier molecular flexibility index (Phi) is 7.41. The second-order valence-corrected chi connectivity index (χ2v) is 8.34. The molecule has 32 heavy (non-hydrogen) atoms. The van der Waals surface area contributed by atoms with Crippen molar-refractivity contribution in [3.05, 3.63) is 102 Å². The third kappa shape index (κ3) is 5.60. The zero-order chi connectivity index (χ0) is 23.3. The van der Waals surface area contributed by atoms with Gasteiger partial charge >= 0.3 is 5.97 Å². The molecule has 3 rings (SSSR count). The van der Waals surface area contributed by atoms with Crippen LogP contribution in [-0.4, -0.2) is 16.0 Å². The SMILES string of the molecule is N#C/C(=C\c1cc(Br)cc(Br)c1OCc1ccc(C(=O)O)cc1)c1ccc([N+](=O)[O-])cc1. The second kappa shape index (κ2) is 10.2. The van der Waals surface area contributed by atoms with E-state index in [1.807, 2.05) is 0 Å². The standard InChI is InChI=1S/C23H14Br2N2O5/c24-19-10-17(9-18(12-26)15-5-7-20(8-6-15)27(30)31)22(21(25)11-19)32-13-14-1-3-16(4-2-14)23(28)29/h1-11H,13H2,(H,28,29)/b18-9+. The van der Waals surface area contributed by atoms with Crippen molar-refractivity contribution in [1.82, 2.24) is 0 Å². The molecule has 3 aromatic rings. The molecule has 160 valence electrons. The van der Waals surface area contributed by atoms with Gasteiger partial charge in [-0.15, -0.1) is 0 Å². The van der Waals surface area contributed by atoms with Gasteiger partial charge in [-0.2, -0.15) is 5.26 Å². The Morgan fingerprint density at radius 3 is 2.28 bits per heavy atom. The number of carboxylic acid groups (broad SMARTS) is 1. The van der Waals surface area contributed by atoms with Gasteiger partial charge < -0.3 is 9.84 Å². The molecular formula is C23H14Br2N2O5. The molecule has 0 atom stereocenters. The highest BCUT2D eigenvalue weighted by Crippen LogP contribution is 2.36. The first-order valence-corrected chi connectivity index (χ1v) is 10.7. The van der Waals surface area contributed by atoms with Gasteiger partial charge in [0.1, 0.15) is 12.4 Å². The number of benzene rings is 3. The number of hydrogen-bond donors (Lipinski definition) is 1. The molecule has 0 saturated heterocycles. The summed E-state index contributed by atoms with van der Waals surface area (Å²) < 4.78 is 7.40. The predicted molar refractivity (Wildman–Crippen MR) is 126 cm³/mol. The van der Waals surface area contributed by atoms with E-state index in [-0.39, 0.29) is 17.9 Å². The topological polar surface area (TPSA) is 113 Å². The van der Waals surface area contributed by atoms with E-state index < -0.39 is 10.9 Å². The van der Waals surface area contributed by atoms with E-state index in [0.717, 1.165) is 10.0 Å². The van der Waals surface area contributed by atoms with Gasteiger partial charge in [-0.1, -0.05) is 28.1 Å². The summed E-state index contributed by atoms with van der Waals surface area (Å²) in [6.45, 7) is 0.181. The van der Waals surface area contributed by atoms with Crippen LogP contribution in [0.3, 0.4) is 0 Å². The molecular weight excluding hydrogens is 544 g/mol. The number of aromatic carboxylic acids is 1. The molecule has 9 heteroatoms. The summed E-state index contributed by atoms with van der Waals surface area (Å²) in [5, 5.41) is 29.6. The number of hydrogen-bond acceptors (Lipinski definition) is 5. The fourth-order valence-corrected chi connectivity index (χ4v) is 4.21. The van der Waals surface area contributed by atoms with E-state index in [9.17, 15) is 20.2 Å². The molecule has 0 bridgehead atoms. The number of ether oxygens (including phenoxy) is 1. The van der Waals surface area contributed by atoms with Crippen molar-refractivity contribution in [2.45, 2.75) is 6.61 Å². The number of nitrogens with zero attached hydrogens (tertiary/aromatic N) is 2. The quantitative estimate of drug-likeness (QED) is 0.154. The summed E-state index contributed by atoms with van der Waals surface area (Å²) in [6, 6.07) is 17.8. The van der Waals surface area contributed by atoms with Crippen molar-refractivity contribution in [2.75, 3.05) is 0 Å². The smallest absolute Gasteiger partial charge is 0.335 e. The van der Waals surface area contributed by atoms with Crippen LogP contribution in [-0.2, 0) is 6.61 Å². The van der Waals surface area contributed by atoms with E-state index in [1.165, 1.54) is 36.4 Å². The zero-order valence-corrected chi connectivity index (χ0v) is 19.5. The third-order valence-corrected chi connectivity index (χ3v) is 5.48. The van der Waals surface area contributed by atoms with Crippen LogP contribution in [0.25, 0.3) is 11.6 Å². The first-order valence-electron chi connectivity index (χ1n) is 9.09. The van der Waals surface area contributed by atoms with Gasteiger partial charge in [-0.05, 0) is 69.5 Å². The van der Waals surface area contributed by atoms with Crippen molar-refractivity contribution in [2.24, 2.45) is 0 Å². The number of nitro benzene ring substituents is 1. The van der Waals surface area contributed by atoms with Crippen LogP contribution in [0.15, 0.2) is 69.6 Å². The molecule has 0 aliphatic carbocycles. The van der Waals surface area contributed by atoms with Crippen molar-refractivity contribution in [1.29, 1.82) is 5.26 Å². The van der Waals surface area contributed by atoms with E-state index in [2.05, 4.69) is 37.9 Å². The molecule has 0 amide bonds. The monoisotopic (exact) mass is 556 g/mol. The van der Waals surface area contributed by atoms with Crippen molar-refractivity contribution in [3.8, 4) is 11.8 Å². The summed E-state index contributed by atoms with van der Waals surface area (Å²) in [5.74, 6) is -0.513. The molecule has 0 spiro atoms. The number of nitro groups is 1. The molecule has 3 aromatic carbocycles. The van der Waals surface area contributed by atoms with Gasteiger partial charge in [0.15, 0.2) is 0 Å². The van der Waals surface area contributed by atoms with Crippen LogP contribution in [0.5, 0.6) is 5.75 Å². The fraction of sp³-hybridized carbons (Fsp3) is 0.0435. The molecule has 0 radical (unpaired) electrons. The normalized spacial score (nSPS) is 11.0. The van der Waals surface area contributed by atoms with E-state index in [0.29, 0.717) is 26.9 Å². The minimum absolute atomic E-state index is 0.0609. The maximum absolute atomic E-state index is 11.0. The molecule has 0 aliphatic heterocycles. The number of non-ortho nitro benzene ring substituents is 1. The summed E-state index contributed by atoms with van der Waals surface area (Å²) in [4.78, 5) is 21.4. The predicted octanol–water partition coefficient (Wildman–Crippen LogP) is 6.46. The first-order chi connectivity index (χ1) is 15.3. The number of rotatable bonds is 7. The average Bonchev–Trinajstić information content (AvgIpc) is 2.77. The highest BCUT2D eigenvalue weighted by atomic mass is 79.9. The van der Waals surface area contributed by atoms with Gasteiger partial charge in [0.2, 0.25) is 0 Å². The minimum atomic E-state index is -1.00. The van der Waals surface area contributed by atoms with Crippen LogP contribution in [0.4, 0.5) is 5.69 Å². The number of nitriles is 1. The maximum Gasteiger partial charge on any atom is 0.335 e. The van der Waals surface area contributed by atoms with Crippen LogP contribution >= 0.6 is 31.9 Å². The molecule has 0 unspecified atom stereocenters. The lowest BCUT2D eigenvalue weighted by atomic mass is 10.0. The Morgan fingerprint density at radius 1 is 1.09 bits per heavy atom. The molecule has 0 heterocycles. The van der Waals surface area contributed by atoms with Crippen LogP contribution < -0.4 is 4.74 Å². The van der Waals surface area contributed by atoms with Gasteiger partial charge in [-0.25, -0.2) is 4.79 Å². The number of carboxylic acids is 1. The molecule has 0 aliphatic rings. The third-order valence-electron chi connectivity index (χ3n) is 4.43. The lowest BCUT2D eigenvalue weighted by Gasteiger charge is -2.13. The Hall–Kier alpha value is -3.48. The van der Waals surface area contributed by atoms with Crippen LogP contribution in [0.2, 0.25) is 0 Å². The molecule has 0 aromatic heterocycles. The molecule has 0 saturated carbocycles. The maximum atomic E-state index is 11.0. The van der Waals surface area contributed by atoms with Crippen molar-refractivity contribution in [3.63, 3.8) is 0 Å². The van der Waals surface area contributed by atoms with Crippen LogP contribution in [0, 0.1) is 21.4 Å². The van der Waals surface area contributed by atoms with E-state index >= 15 is 0 Å². The number of allylic oxidation sites excluding steroid dienone is 1. The Bertz CT molecular complexity index is 1250. The summed E-state index contributed by atoms with van der Waals surface area (Å²) in [5.41, 5.74) is 2.35. The summed E-state index contributed by atoms with van der Waals surface area (Å²) >= 11 is 6.91. The van der Waals surface area contributed by atoms with Gasteiger partial charge in [-0.3, -0.25) is 10.1 Å².